The average Bonchev–Trinajstić information content (AvgIpc) is 2.87. The van der Waals surface area contributed by atoms with Crippen molar-refractivity contribution in [3.63, 3.8) is 0 Å². The fourth-order valence-corrected chi connectivity index (χ4v) is 2.86. The van der Waals surface area contributed by atoms with Crippen molar-refractivity contribution in [3.05, 3.63) is 54.1 Å². The Balaban J connectivity index is 1.90. The predicted molar refractivity (Wildman–Crippen MR) is 88.6 cm³/mol. The van der Waals surface area contributed by atoms with Gasteiger partial charge in [-0.2, -0.15) is 0 Å². The first-order valence-electron chi connectivity index (χ1n) is 7.19. The molecule has 1 aromatic carbocycles. The fourth-order valence-electron chi connectivity index (χ4n) is 2.06. The molecule has 2 rings (SSSR count). The molecule has 1 heterocycles. The van der Waals surface area contributed by atoms with Gasteiger partial charge in [-0.25, -0.2) is 4.39 Å². The van der Waals surface area contributed by atoms with Crippen molar-refractivity contribution in [2.75, 3.05) is 5.75 Å². The van der Waals surface area contributed by atoms with Crippen LogP contribution in [-0.2, 0) is 11.3 Å². The van der Waals surface area contributed by atoms with Crippen LogP contribution in [0.5, 0.6) is 0 Å². The maximum absolute atomic E-state index is 12.9. The summed E-state index contributed by atoms with van der Waals surface area (Å²) in [5.41, 5.74) is 0.857. The highest BCUT2D eigenvalue weighted by Crippen LogP contribution is 2.18. The summed E-state index contributed by atoms with van der Waals surface area (Å²) in [6.07, 6.45) is 1.76. The zero-order valence-corrected chi connectivity index (χ0v) is 13.9. The Morgan fingerprint density at radius 3 is 2.78 bits per heavy atom. The fraction of sp³-hybridized carbons (Fsp3) is 0.312. The highest BCUT2D eigenvalue weighted by atomic mass is 32.2. The van der Waals surface area contributed by atoms with Crippen molar-refractivity contribution in [2.45, 2.75) is 31.6 Å². The molecule has 1 aromatic heterocycles. The van der Waals surface area contributed by atoms with Gasteiger partial charge in [-0.05, 0) is 31.5 Å². The van der Waals surface area contributed by atoms with Crippen LogP contribution >= 0.6 is 11.8 Å². The molecule has 1 atom stereocenters. The molecule has 0 aliphatic heterocycles. The summed E-state index contributed by atoms with van der Waals surface area (Å²) in [6.45, 7) is 8.03. The highest BCUT2D eigenvalue weighted by Gasteiger charge is 2.13. The standard InChI is InChI=1S/C16H19FN4OS/c1-4-9-21-12(3)19-20-16(21)23-10-15(22)18-11(2)13-5-7-14(17)8-6-13/h4-8,11H,1,9-10H2,2-3H3,(H,18,22)/t11-/m0/s1. The minimum atomic E-state index is -0.292. The summed E-state index contributed by atoms with van der Waals surface area (Å²) < 4.78 is 14.8. The van der Waals surface area contributed by atoms with Gasteiger partial charge >= 0.3 is 0 Å². The summed E-state index contributed by atoms with van der Waals surface area (Å²) in [4.78, 5) is 12.1. The molecule has 1 N–H and O–H groups in total. The first-order chi connectivity index (χ1) is 11.0. The Bertz CT molecular complexity index is 684. The van der Waals surface area contributed by atoms with E-state index in [0.29, 0.717) is 11.7 Å². The van der Waals surface area contributed by atoms with Gasteiger partial charge in [0, 0.05) is 6.54 Å². The zero-order chi connectivity index (χ0) is 16.8. The largest absolute Gasteiger partial charge is 0.349 e. The Kier molecular flexibility index (Phi) is 5.92. The molecule has 0 fully saturated rings. The average molecular weight is 334 g/mol. The van der Waals surface area contributed by atoms with Crippen LogP contribution in [0.2, 0.25) is 0 Å². The van der Waals surface area contributed by atoms with E-state index in [1.807, 2.05) is 18.4 Å². The molecule has 0 spiro atoms. The lowest BCUT2D eigenvalue weighted by atomic mass is 10.1. The number of nitrogens with one attached hydrogen (secondary N) is 1. The van der Waals surface area contributed by atoms with E-state index in [2.05, 4.69) is 22.1 Å². The summed E-state index contributed by atoms with van der Waals surface area (Å²) in [6, 6.07) is 5.91. The molecule has 1 amide bonds. The van der Waals surface area contributed by atoms with Crippen molar-refractivity contribution < 1.29 is 9.18 Å². The van der Waals surface area contributed by atoms with E-state index in [1.54, 1.807) is 18.2 Å². The van der Waals surface area contributed by atoms with Gasteiger partial charge in [0.2, 0.25) is 5.91 Å². The molecular weight excluding hydrogens is 315 g/mol. The lowest BCUT2D eigenvalue weighted by Crippen LogP contribution is -2.28. The molecule has 23 heavy (non-hydrogen) atoms. The quantitative estimate of drug-likeness (QED) is 0.625. The molecule has 0 saturated carbocycles. The molecule has 7 heteroatoms. The Morgan fingerprint density at radius 1 is 1.43 bits per heavy atom. The second-order valence-corrected chi connectivity index (χ2v) is 6.00. The molecule has 0 aliphatic carbocycles. The van der Waals surface area contributed by atoms with Crippen molar-refractivity contribution in [2.24, 2.45) is 0 Å². The van der Waals surface area contributed by atoms with Crippen molar-refractivity contribution in [1.82, 2.24) is 20.1 Å². The molecule has 0 aliphatic rings. The third kappa shape index (κ3) is 4.66. The first-order valence-corrected chi connectivity index (χ1v) is 8.18. The third-order valence-electron chi connectivity index (χ3n) is 3.29. The number of benzene rings is 1. The van der Waals surface area contributed by atoms with E-state index < -0.39 is 0 Å². The number of halogens is 1. The van der Waals surface area contributed by atoms with Crippen LogP contribution in [0.15, 0.2) is 42.1 Å². The Morgan fingerprint density at radius 2 is 2.13 bits per heavy atom. The van der Waals surface area contributed by atoms with Gasteiger partial charge in [-0.3, -0.25) is 4.79 Å². The molecule has 0 unspecified atom stereocenters. The SMILES string of the molecule is C=CCn1c(C)nnc1SCC(=O)N[C@@H](C)c1ccc(F)cc1. The van der Waals surface area contributed by atoms with Gasteiger partial charge < -0.3 is 9.88 Å². The number of aryl methyl sites for hydroxylation is 1. The van der Waals surface area contributed by atoms with E-state index in [4.69, 9.17) is 0 Å². The van der Waals surface area contributed by atoms with Crippen molar-refractivity contribution >= 4 is 17.7 Å². The lowest BCUT2D eigenvalue weighted by Gasteiger charge is -2.14. The first kappa shape index (κ1) is 17.2. The second-order valence-electron chi connectivity index (χ2n) is 5.06. The Labute approximate surface area is 139 Å². The second kappa shape index (κ2) is 7.92. The number of rotatable bonds is 7. The third-order valence-corrected chi connectivity index (χ3v) is 4.26. The van der Waals surface area contributed by atoms with E-state index in [1.165, 1.54) is 23.9 Å². The number of allylic oxidation sites excluding steroid dienone is 1. The smallest absolute Gasteiger partial charge is 0.230 e. The molecule has 5 nitrogen and oxygen atoms in total. The molecular formula is C16H19FN4OS. The van der Waals surface area contributed by atoms with Gasteiger partial charge in [0.15, 0.2) is 5.16 Å². The topological polar surface area (TPSA) is 59.8 Å². The van der Waals surface area contributed by atoms with Crippen LogP contribution < -0.4 is 5.32 Å². The molecule has 122 valence electrons. The number of hydrogen-bond donors (Lipinski definition) is 1. The van der Waals surface area contributed by atoms with Crippen LogP contribution in [-0.4, -0.2) is 26.4 Å². The highest BCUT2D eigenvalue weighted by molar-refractivity contribution is 7.99. The van der Waals surface area contributed by atoms with Gasteiger partial charge in [0.1, 0.15) is 11.6 Å². The van der Waals surface area contributed by atoms with E-state index in [9.17, 15) is 9.18 Å². The number of carbonyl (C=O) groups is 1. The number of nitrogens with zero attached hydrogens (tertiary/aromatic N) is 3. The number of amides is 1. The van der Waals surface area contributed by atoms with Gasteiger partial charge in [0.05, 0.1) is 11.8 Å². The number of hydrogen-bond acceptors (Lipinski definition) is 4. The predicted octanol–water partition coefficient (Wildman–Crippen LogP) is 2.88. The van der Waals surface area contributed by atoms with Crippen LogP contribution in [0, 0.1) is 12.7 Å². The molecule has 2 aromatic rings. The number of aromatic nitrogens is 3. The van der Waals surface area contributed by atoms with Crippen LogP contribution in [0.3, 0.4) is 0 Å². The lowest BCUT2D eigenvalue weighted by molar-refractivity contribution is -0.119. The molecule has 0 radical (unpaired) electrons. The normalized spacial score (nSPS) is 12.0. The van der Waals surface area contributed by atoms with Crippen LogP contribution in [0.4, 0.5) is 4.39 Å². The van der Waals surface area contributed by atoms with Gasteiger partial charge in [0.25, 0.3) is 0 Å². The number of carbonyl (C=O) groups excluding carboxylic acids is 1. The Hall–Kier alpha value is -2.15. The zero-order valence-electron chi connectivity index (χ0n) is 13.1. The molecule has 0 saturated heterocycles. The van der Waals surface area contributed by atoms with E-state index >= 15 is 0 Å². The monoisotopic (exact) mass is 334 g/mol. The van der Waals surface area contributed by atoms with Crippen LogP contribution in [0.25, 0.3) is 0 Å². The van der Waals surface area contributed by atoms with Gasteiger partial charge in [-0.1, -0.05) is 30.0 Å². The van der Waals surface area contributed by atoms with E-state index in [0.717, 1.165) is 11.4 Å². The van der Waals surface area contributed by atoms with Crippen molar-refractivity contribution in [3.8, 4) is 0 Å². The summed E-state index contributed by atoms with van der Waals surface area (Å²) in [5.74, 6) is 0.616. The van der Waals surface area contributed by atoms with Crippen LogP contribution in [0.1, 0.15) is 24.4 Å². The molecule has 0 bridgehead atoms. The number of thioether (sulfide) groups is 1. The summed E-state index contributed by atoms with van der Waals surface area (Å²) in [5, 5.41) is 11.6. The maximum atomic E-state index is 12.9. The maximum Gasteiger partial charge on any atom is 0.230 e. The van der Waals surface area contributed by atoms with Crippen molar-refractivity contribution in [1.29, 1.82) is 0 Å². The summed E-state index contributed by atoms with van der Waals surface area (Å²) >= 11 is 1.33. The summed E-state index contributed by atoms with van der Waals surface area (Å²) in [7, 11) is 0. The minimum absolute atomic E-state index is 0.113. The van der Waals surface area contributed by atoms with Gasteiger partial charge in [-0.15, -0.1) is 16.8 Å². The van der Waals surface area contributed by atoms with E-state index in [-0.39, 0.29) is 23.5 Å². The minimum Gasteiger partial charge on any atom is -0.349 e.